The van der Waals surface area contributed by atoms with Crippen LogP contribution in [0, 0.1) is 13.1 Å². The first-order chi connectivity index (χ1) is 38.5. The van der Waals surface area contributed by atoms with E-state index in [0.29, 0.717) is 59.0 Å². The average molecular weight is 1180 g/mol. The number of rotatable bonds is 16. The third-order valence-electron chi connectivity index (χ3n) is 13.1. The lowest BCUT2D eigenvalue weighted by molar-refractivity contribution is -0.117. The average Bonchev–Trinajstić information content (AvgIpc) is 4.41. The number of aryl methyl sites for hydroxylation is 2. The molecule has 8 aromatic rings. The van der Waals surface area contributed by atoms with Crippen molar-refractivity contribution >= 4 is 67.4 Å². The van der Waals surface area contributed by atoms with Gasteiger partial charge >= 0.3 is 0 Å². The van der Waals surface area contributed by atoms with Gasteiger partial charge in [-0.05, 0) is 54.8 Å². The number of nitrogens with zero attached hydrogens (tertiary/aromatic N) is 14. The molecule has 10 rings (SSSR count). The Kier molecular flexibility index (Phi) is 17.8. The Balaban J connectivity index is 0.000000178. The van der Waals surface area contributed by atoms with Gasteiger partial charge in [0.15, 0.2) is 33.3 Å². The Hall–Kier alpha value is -8.40. The number of carbonyl (C=O) groups excluding carboxylic acids is 2. The van der Waals surface area contributed by atoms with Crippen LogP contribution in [0.2, 0.25) is 0 Å². The van der Waals surface area contributed by atoms with Crippen LogP contribution in [0.4, 0.5) is 35.1 Å². The van der Waals surface area contributed by atoms with Crippen molar-refractivity contribution < 1.29 is 46.1 Å². The molecule has 3 N–H and O–H groups in total. The van der Waals surface area contributed by atoms with E-state index in [1.807, 2.05) is 32.4 Å². The summed E-state index contributed by atoms with van der Waals surface area (Å²) in [6.07, 6.45) is 1.61. The number of anilines is 3. The number of nitrogens with two attached hydrogens (primary N) is 1. The Morgan fingerprint density at radius 1 is 0.741 bits per heavy atom. The summed E-state index contributed by atoms with van der Waals surface area (Å²) in [5.74, 6) is 1.35. The van der Waals surface area contributed by atoms with E-state index in [4.69, 9.17) is 37.8 Å². The molecule has 0 aromatic carbocycles. The molecule has 27 heteroatoms. The maximum absolute atomic E-state index is 14.4. The summed E-state index contributed by atoms with van der Waals surface area (Å²) in [5, 5.41) is 12.1. The molecule has 2 fully saturated rings. The maximum atomic E-state index is 14.4. The zero-order valence-electron chi connectivity index (χ0n) is 45.4. The Bertz CT molecular complexity index is 3700. The van der Waals surface area contributed by atoms with Crippen molar-refractivity contribution in [2.75, 3.05) is 37.5 Å². The van der Waals surface area contributed by atoms with E-state index in [0.717, 1.165) is 25.1 Å². The van der Waals surface area contributed by atoms with Crippen LogP contribution in [0.3, 0.4) is 0 Å². The van der Waals surface area contributed by atoms with Gasteiger partial charge in [-0.25, -0.2) is 45.7 Å². The van der Waals surface area contributed by atoms with Gasteiger partial charge < -0.3 is 48.8 Å². The van der Waals surface area contributed by atoms with Crippen molar-refractivity contribution in [3.63, 3.8) is 0 Å². The SMILES string of the molecule is CC(=O)Cc1cc(Oc2cnc3nc(Br)n(C)c3c2C(F)F)ccn1.[C-]#[N+]C(C)(C)c1cc(N)nn1[C@H]1CCOC1.[C-]#[N+]C(C)(C)c1cc(Nc2nc3ncc(Oc4ccnc(CC(C)=O)c4)c(C(F)F)c3n2C)nn1[C@H]1CCOC1. The Morgan fingerprint density at radius 2 is 1.21 bits per heavy atom. The molecule has 2 aliphatic heterocycles. The van der Waals surface area contributed by atoms with Crippen LogP contribution in [0.5, 0.6) is 23.0 Å². The van der Waals surface area contributed by atoms with Gasteiger partial charge in [0, 0.05) is 105 Å². The highest BCUT2D eigenvalue weighted by molar-refractivity contribution is 9.10. The second-order valence-electron chi connectivity index (χ2n) is 20.1. The summed E-state index contributed by atoms with van der Waals surface area (Å²) in [7, 11) is 3.20. The molecule has 81 heavy (non-hydrogen) atoms. The van der Waals surface area contributed by atoms with E-state index in [-0.39, 0.29) is 93.1 Å². The van der Waals surface area contributed by atoms with Gasteiger partial charge in [-0.15, -0.1) is 0 Å². The first-order valence-electron chi connectivity index (χ1n) is 25.3. The smallest absolute Gasteiger partial charge is 0.269 e. The molecule has 424 valence electrons. The van der Waals surface area contributed by atoms with Crippen LogP contribution < -0.4 is 20.5 Å². The minimum Gasteiger partial charge on any atom is -0.455 e. The number of fused-ring (bicyclic) bond motifs is 2. The van der Waals surface area contributed by atoms with Gasteiger partial charge in [0.05, 0.1) is 60.2 Å². The number of imidazole rings is 2. The summed E-state index contributed by atoms with van der Waals surface area (Å²) in [5.41, 5.74) is 6.76. The number of nitrogen functional groups attached to an aromatic ring is 1. The molecule has 0 aliphatic carbocycles. The predicted molar refractivity (Wildman–Crippen MR) is 292 cm³/mol. The predicted octanol–water partition coefficient (Wildman–Crippen LogP) is 10.8. The monoisotopic (exact) mass is 1180 g/mol. The second-order valence-corrected chi connectivity index (χ2v) is 20.8. The number of pyridine rings is 4. The highest BCUT2D eigenvalue weighted by Gasteiger charge is 2.37. The lowest BCUT2D eigenvalue weighted by atomic mass is 10.0. The normalized spacial score (nSPS) is 15.3. The zero-order chi connectivity index (χ0) is 58.5. The molecule has 2 atom stereocenters. The van der Waals surface area contributed by atoms with Crippen molar-refractivity contribution in [2.24, 2.45) is 14.1 Å². The van der Waals surface area contributed by atoms with Crippen LogP contribution >= 0.6 is 15.9 Å². The third-order valence-corrected chi connectivity index (χ3v) is 13.8. The van der Waals surface area contributed by atoms with E-state index in [9.17, 15) is 27.2 Å². The first-order valence-corrected chi connectivity index (χ1v) is 26.1. The second kappa shape index (κ2) is 24.5. The van der Waals surface area contributed by atoms with Gasteiger partial charge in [0.1, 0.15) is 51.3 Å². The van der Waals surface area contributed by atoms with Crippen molar-refractivity contribution in [1.29, 1.82) is 0 Å². The summed E-state index contributed by atoms with van der Waals surface area (Å²) < 4.78 is 85.5. The number of hydrogen-bond acceptors (Lipinski definition) is 16. The molecule has 0 radical (unpaired) electrons. The lowest BCUT2D eigenvalue weighted by Crippen LogP contribution is -2.22. The largest absolute Gasteiger partial charge is 0.455 e. The van der Waals surface area contributed by atoms with Gasteiger partial charge in [-0.3, -0.25) is 28.9 Å². The number of aromatic nitrogens is 12. The fourth-order valence-electron chi connectivity index (χ4n) is 9.03. The van der Waals surface area contributed by atoms with E-state index in [2.05, 4.69) is 71.0 Å². The maximum Gasteiger partial charge on any atom is 0.269 e. The number of Topliss-reactive ketones (excluding diaryl/α,β-unsaturated/α-hetero) is 2. The van der Waals surface area contributed by atoms with Crippen LogP contribution in [-0.2, 0) is 57.1 Å². The van der Waals surface area contributed by atoms with Crippen molar-refractivity contribution in [3.8, 4) is 23.0 Å². The molecule has 0 spiro atoms. The number of nitrogens with one attached hydrogen (secondary N) is 1. The highest BCUT2D eigenvalue weighted by Crippen LogP contribution is 2.41. The number of carbonyl (C=O) groups is 2. The van der Waals surface area contributed by atoms with E-state index < -0.39 is 23.9 Å². The van der Waals surface area contributed by atoms with Crippen molar-refractivity contribution in [2.45, 2.75) is 103 Å². The number of alkyl halides is 4. The first kappa shape index (κ1) is 58.7. The van der Waals surface area contributed by atoms with Crippen LogP contribution in [-0.4, -0.2) is 96.6 Å². The summed E-state index contributed by atoms with van der Waals surface area (Å²) in [6.45, 7) is 27.7. The van der Waals surface area contributed by atoms with E-state index in [1.165, 1.54) is 66.0 Å². The highest BCUT2D eigenvalue weighted by atomic mass is 79.9. The van der Waals surface area contributed by atoms with Gasteiger partial charge in [0.25, 0.3) is 23.9 Å². The molecular weight excluding hydrogens is 1120 g/mol. The molecule has 2 aliphatic rings. The van der Waals surface area contributed by atoms with E-state index in [1.54, 1.807) is 37.0 Å². The summed E-state index contributed by atoms with van der Waals surface area (Å²) in [6, 6.07) is 9.89. The Labute approximate surface area is 470 Å². The fraction of sp³-hybridized carbons (Fsp3) is 0.407. The molecule has 8 aromatic heterocycles. The van der Waals surface area contributed by atoms with Gasteiger partial charge in [0.2, 0.25) is 5.95 Å². The van der Waals surface area contributed by atoms with Crippen molar-refractivity contribution in [3.05, 3.63) is 123 Å². The minimum atomic E-state index is -2.89. The molecule has 22 nitrogen and oxygen atoms in total. The molecule has 0 amide bonds. The van der Waals surface area contributed by atoms with Crippen LogP contribution in [0.25, 0.3) is 32.0 Å². The molecule has 0 bridgehead atoms. The lowest BCUT2D eigenvalue weighted by Gasteiger charge is -2.17. The topological polar surface area (TPSA) is 241 Å². The number of hydrogen-bond donors (Lipinski definition) is 2. The number of ketones is 2. The number of halogens is 5. The minimum absolute atomic E-state index is 0.0111. The van der Waals surface area contributed by atoms with Gasteiger partial charge in [-0.1, -0.05) is 0 Å². The third kappa shape index (κ3) is 13.3. The molecular formula is C54H57BrF4N16O6. The molecule has 0 saturated carbocycles. The van der Waals surface area contributed by atoms with Crippen LogP contribution in [0.15, 0.2) is 65.9 Å². The summed E-state index contributed by atoms with van der Waals surface area (Å²) in [4.78, 5) is 55.1. The van der Waals surface area contributed by atoms with Crippen LogP contribution in [0.1, 0.15) is 113 Å². The van der Waals surface area contributed by atoms with Gasteiger partial charge in [-0.2, -0.15) is 15.2 Å². The number of ether oxygens (including phenoxy) is 4. The Morgan fingerprint density at radius 3 is 1.67 bits per heavy atom. The van der Waals surface area contributed by atoms with Crippen molar-refractivity contribution in [1.82, 2.24) is 58.6 Å². The molecule has 0 unspecified atom stereocenters. The van der Waals surface area contributed by atoms with E-state index >= 15 is 0 Å². The fourth-order valence-corrected chi connectivity index (χ4v) is 9.37. The standard InChI is InChI=1S/C27H28F2N8O3.C16H13BrF2N4O2.C11H16N4O/c1-15(38)10-16-11-18(6-8-31-16)40-19-13-32-25-23(22(19)24(28)29)36(5)26(34-25)33-21-12-20(27(2,3)30-4)37(35-21)17-7-9-39-14-17;1-8(24)5-9-6-10(3-4-20-9)25-11-7-21-15-13(12(11)14(18)19)23(2)16(17)22-15;1-11(2,13-3)9-6-10(12)14-15(9)8-4-5-16-7-8/h6,8,11-13,17,24H,7,9-10,14H2,1-3,5H3,(H,32,33,34,35);3-4,6-7,14H,5H2,1-2H3;6,8H,4-5,7H2,1-2H3,(H2,12,14)/t17-;;8-/m0.0/s1. The molecule has 10 heterocycles. The summed E-state index contributed by atoms with van der Waals surface area (Å²) >= 11 is 3.20. The molecule has 2 saturated heterocycles. The quantitative estimate of drug-likeness (QED) is 0.0675. The zero-order valence-corrected chi connectivity index (χ0v) is 47.0.